The van der Waals surface area contributed by atoms with Crippen molar-refractivity contribution in [1.29, 1.82) is 0 Å². The summed E-state index contributed by atoms with van der Waals surface area (Å²) in [6.07, 6.45) is 7.07. The van der Waals surface area contributed by atoms with Crippen LogP contribution in [0.15, 0.2) is 41.5 Å². The normalized spacial score (nSPS) is 15.3. The molecule has 4 heterocycles. The number of aromatic nitrogens is 6. The second-order valence-electron chi connectivity index (χ2n) is 9.88. The summed E-state index contributed by atoms with van der Waals surface area (Å²) < 4.78 is 25.7. The molecule has 4 aromatic heterocycles. The zero-order valence-corrected chi connectivity index (χ0v) is 21.0. The fraction of sp³-hybridized carbons (Fsp3) is 0.370. The van der Waals surface area contributed by atoms with Crippen LogP contribution in [0, 0.1) is 5.95 Å². The first-order valence-corrected chi connectivity index (χ1v) is 12.6. The Morgan fingerprint density at radius 3 is 2.59 bits per heavy atom. The summed E-state index contributed by atoms with van der Waals surface area (Å²) in [5.74, 6) is 0.0228. The van der Waals surface area contributed by atoms with E-state index in [4.69, 9.17) is 4.74 Å². The van der Waals surface area contributed by atoms with Gasteiger partial charge in [0, 0.05) is 31.9 Å². The van der Waals surface area contributed by atoms with E-state index in [0.29, 0.717) is 22.7 Å². The molecule has 37 heavy (non-hydrogen) atoms. The summed E-state index contributed by atoms with van der Waals surface area (Å²) in [4.78, 5) is 21.4. The maximum absolute atomic E-state index is 15.0. The van der Waals surface area contributed by atoms with Gasteiger partial charge in [0.25, 0.3) is 0 Å². The highest BCUT2D eigenvalue weighted by Gasteiger charge is 2.28. The van der Waals surface area contributed by atoms with E-state index in [1.54, 1.807) is 38.0 Å². The van der Waals surface area contributed by atoms with Gasteiger partial charge in [-0.3, -0.25) is 13.8 Å². The average Bonchev–Trinajstić information content (AvgIpc) is 3.66. The van der Waals surface area contributed by atoms with Crippen LogP contribution < -0.4 is 10.4 Å². The van der Waals surface area contributed by atoms with Crippen LogP contribution in [-0.2, 0) is 14.1 Å². The first-order chi connectivity index (χ1) is 17.9. The van der Waals surface area contributed by atoms with Crippen molar-refractivity contribution in [1.82, 2.24) is 28.9 Å². The second-order valence-corrected chi connectivity index (χ2v) is 9.88. The van der Waals surface area contributed by atoms with Crippen molar-refractivity contribution in [2.24, 2.45) is 14.1 Å². The van der Waals surface area contributed by atoms with E-state index in [2.05, 4.69) is 15.1 Å². The van der Waals surface area contributed by atoms with E-state index in [-0.39, 0.29) is 24.4 Å². The molecule has 192 valence electrons. The standard InChI is InChI=1S/C27H29FN6O3/c1-15(14-35)37-18-10-8-16(9-11-18)21-22-24-20(33(3)27(36)34(24)17-6-4-5-7-17)12-29-26(22)30-23(21)19-13-32(2)31-25(19)28/h8-13,15,17,35H,4-7,14H2,1-3H3,(H,29,30). The maximum Gasteiger partial charge on any atom is 0.329 e. The number of hydrogen-bond acceptors (Lipinski definition) is 5. The van der Waals surface area contributed by atoms with Gasteiger partial charge in [-0.05, 0) is 37.5 Å². The van der Waals surface area contributed by atoms with Crippen molar-refractivity contribution in [3.63, 3.8) is 0 Å². The number of halogens is 1. The molecule has 1 aliphatic rings. The van der Waals surface area contributed by atoms with E-state index >= 15 is 0 Å². The number of ether oxygens (including phenoxy) is 1. The van der Waals surface area contributed by atoms with Crippen molar-refractivity contribution < 1.29 is 14.2 Å². The van der Waals surface area contributed by atoms with Crippen LogP contribution in [0.25, 0.3) is 44.5 Å². The van der Waals surface area contributed by atoms with Crippen LogP contribution >= 0.6 is 0 Å². The molecular formula is C27H29FN6O3. The van der Waals surface area contributed by atoms with E-state index < -0.39 is 5.95 Å². The number of H-pyrrole nitrogens is 1. The number of aliphatic hydroxyl groups is 1. The van der Waals surface area contributed by atoms with Gasteiger partial charge in [-0.1, -0.05) is 25.0 Å². The molecule has 0 aliphatic heterocycles. The fourth-order valence-corrected chi connectivity index (χ4v) is 5.57. The van der Waals surface area contributed by atoms with Crippen LogP contribution in [0.4, 0.5) is 4.39 Å². The number of nitrogens with zero attached hydrogens (tertiary/aromatic N) is 5. The largest absolute Gasteiger partial charge is 0.488 e. The monoisotopic (exact) mass is 504 g/mol. The highest BCUT2D eigenvalue weighted by atomic mass is 19.1. The molecule has 1 saturated carbocycles. The Labute approximate surface area is 212 Å². The van der Waals surface area contributed by atoms with E-state index in [1.807, 2.05) is 28.8 Å². The number of nitrogens with one attached hydrogen (secondary N) is 1. The SMILES string of the molecule is CC(CO)Oc1ccc(-c2c(-c3cn(C)nc3F)[nH]c3ncc4c(c23)n(C2CCCC2)c(=O)n4C)cc1. The molecule has 0 radical (unpaired) electrons. The summed E-state index contributed by atoms with van der Waals surface area (Å²) in [5.41, 5.74) is 4.48. The summed E-state index contributed by atoms with van der Waals surface area (Å²) in [7, 11) is 3.45. The number of aliphatic hydroxyl groups excluding tert-OH is 1. The second kappa shape index (κ2) is 8.88. The number of pyridine rings is 1. The molecule has 9 nitrogen and oxygen atoms in total. The first kappa shape index (κ1) is 23.5. The van der Waals surface area contributed by atoms with Crippen molar-refractivity contribution in [3.8, 4) is 28.1 Å². The lowest BCUT2D eigenvalue weighted by Crippen LogP contribution is -2.24. The van der Waals surface area contributed by atoms with E-state index in [0.717, 1.165) is 53.2 Å². The van der Waals surface area contributed by atoms with Gasteiger partial charge in [0.1, 0.15) is 17.5 Å². The molecule has 2 N–H and O–H groups in total. The molecule has 1 aliphatic carbocycles. The summed E-state index contributed by atoms with van der Waals surface area (Å²) >= 11 is 0. The van der Waals surface area contributed by atoms with Gasteiger partial charge in [-0.25, -0.2) is 9.78 Å². The third kappa shape index (κ3) is 3.74. The summed E-state index contributed by atoms with van der Waals surface area (Å²) in [6.45, 7) is 1.70. The van der Waals surface area contributed by atoms with Crippen molar-refractivity contribution in [2.45, 2.75) is 44.8 Å². The Hall–Kier alpha value is -3.92. The first-order valence-electron chi connectivity index (χ1n) is 12.6. The number of aromatic amines is 1. The quantitative estimate of drug-likeness (QED) is 0.359. The lowest BCUT2D eigenvalue weighted by molar-refractivity contribution is 0.130. The molecule has 10 heteroatoms. The van der Waals surface area contributed by atoms with Gasteiger partial charge in [0.15, 0.2) is 0 Å². The van der Waals surface area contributed by atoms with Gasteiger partial charge < -0.3 is 14.8 Å². The predicted molar refractivity (Wildman–Crippen MR) is 139 cm³/mol. The molecule has 1 atom stereocenters. The zero-order chi connectivity index (χ0) is 25.8. The van der Waals surface area contributed by atoms with Gasteiger partial charge in [-0.15, -0.1) is 5.10 Å². The van der Waals surface area contributed by atoms with Crippen LogP contribution in [0.2, 0.25) is 0 Å². The lowest BCUT2D eigenvalue weighted by Gasteiger charge is -2.14. The molecule has 5 aromatic rings. The molecular weight excluding hydrogens is 475 g/mol. The Morgan fingerprint density at radius 2 is 1.95 bits per heavy atom. The zero-order valence-electron chi connectivity index (χ0n) is 21.0. The van der Waals surface area contributed by atoms with Crippen LogP contribution in [0.1, 0.15) is 38.6 Å². The fourth-order valence-electron chi connectivity index (χ4n) is 5.57. The number of benzene rings is 1. The van der Waals surface area contributed by atoms with Gasteiger partial charge >= 0.3 is 5.69 Å². The summed E-state index contributed by atoms with van der Waals surface area (Å²) in [6, 6.07) is 7.57. The van der Waals surface area contributed by atoms with Gasteiger partial charge in [-0.2, -0.15) is 4.39 Å². The van der Waals surface area contributed by atoms with E-state index in [9.17, 15) is 14.3 Å². The van der Waals surface area contributed by atoms with Crippen LogP contribution in [-0.4, -0.2) is 46.7 Å². The minimum atomic E-state index is -0.593. The van der Waals surface area contributed by atoms with Crippen LogP contribution in [0.3, 0.4) is 0 Å². The molecule has 0 bridgehead atoms. The minimum Gasteiger partial charge on any atom is -0.488 e. The lowest BCUT2D eigenvalue weighted by atomic mass is 9.99. The van der Waals surface area contributed by atoms with Crippen molar-refractivity contribution in [3.05, 3.63) is 53.1 Å². The molecule has 0 spiro atoms. The average molecular weight is 505 g/mol. The number of fused-ring (bicyclic) bond motifs is 3. The van der Waals surface area contributed by atoms with Crippen molar-refractivity contribution >= 4 is 22.1 Å². The van der Waals surface area contributed by atoms with Crippen LogP contribution in [0.5, 0.6) is 5.75 Å². The predicted octanol–water partition coefficient (Wildman–Crippen LogP) is 4.30. The molecule has 0 amide bonds. The molecule has 1 unspecified atom stereocenters. The minimum absolute atomic E-state index is 0.0702. The highest BCUT2D eigenvalue weighted by molar-refractivity contribution is 6.14. The third-order valence-electron chi connectivity index (χ3n) is 7.35. The number of rotatable bonds is 6. The maximum atomic E-state index is 15.0. The Kier molecular flexibility index (Phi) is 5.63. The third-order valence-corrected chi connectivity index (χ3v) is 7.35. The molecule has 6 rings (SSSR count). The van der Waals surface area contributed by atoms with E-state index in [1.165, 1.54) is 4.68 Å². The Balaban J connectivity index is 1.67. The summed E-state index contributed by atoms with van der Waals surface area (Å²) in [5, 5.41) is 14.0. The number of hydrogen-bond donors (Lipinski definition) is 2. The number of aryl methyl sites for hydroxylation is 2. The molecule has 1 aromatic carbocycles. The topological polar surface area (TPSA) is 103 Å². The smallest absolute Gasteiger partial charge is 0.329 e. The van der Waals surface area contributed by atoms with Gasteiger partial charge in [0.2, 0.25) is 5.95 Å². The van der Waals surface area contributed by atoms with Gasteiger partial charge in [0.05, 0.1) is 40.5 Å². The Morgan fingerprint density at radius 1 is 1.22 bits per heavy atom. The molecule has 0 saturated heterocycles. The highest BCUT2D eigenvalue weighted by Crippen LogP contribution is 2.43. The molecule has 1 fully saturated rings. The Bertz CT molecular complexity index is 1670. The van der Waals surface area contributed by atoms with Crippen molar-refractivity contribution in [2.75, 3.05) is 6.61 Å². The number of imidazole rings is 1.